The number of aromatic nitrogens is 3. The number of aromatic amines is 1. The Hall–Kier alpha value is -1.92. The molecule has 1 N–H and O–H groups in total. The van der Waals surface area contributed by atoms with E-state index < -0.39 is 0 Å². The summed E-state index contributed by atoms with van der Waals surface area (Å²) in [5, 5.41) is 6.90. The highest BCUT2D eigenvalue weighted by atomic mass is 16.2. The van der Waals surface area contributed by atoms with Crippen LogP contribution in [-0.4, -0.2) is 63.0 Å². The zero-order valence-corrected chi connectivity index (χ0v) is 11.9. The number of carbonyl (C=O) groups excluding carboxylic acids is 2. The fraction of sp³-hybridized carbons (Fsp3) is 0.714. The molecule has 0 aromatic carbocycles. The Balaban J connectivity index is 1.36. The molecule has 0 bridgehead atoms. The maximum atomic E-state index is 12.4. The molecule has 0 unspecified atom stereocenters. The second-order valence-electron chi connectivity index (χ2n) is 6.21. The van der Waals surface area contributed by atoms with Crippen LogP contribution in [0.2, 0.25) is 0 Å². The fourth-order valence-corrected chi connectivity index (χ4v) is 2.77. The first kappa shape index (κ1) is 12.8. The van der Waals surface area contributed by atoms with E-state index in [9.17, 15) is 9.59 Å². The van der Waals surface area contributed by atoms with Gasteiger partial charge < -0.3 is 9.80 Å². The number of carbonyl (C=O) groups is 2. The molecule has 1 aromatic rings. The van der Waals surface area contributed by atoms with E-state index in [4.69, 9.17) is 0 Å². The Bertz CT molecular complexity index is 568. The molecule has 3 fully saturated rings. The molecule has 112 valence electrons. The van der Waals surface area contributed by atoms with Gasteiger partial charge in [-0.1, -0.05) is 0 Å². The standard InChI is InChI=1S/C14H19N5O2/c20-13(10-3-4-10)18-5-7-19(8-6-18)14(21)12-15-11(16-17-12)9-1-2-9/h9-10H,1-8H2,(H,15,16,17). The number of hydrogen-bond acceptors (Lipinski definition) is 4. The quantitative estimate of drug-likeness (QED) is 0.872. The van der Waals surface area contributed by atoms with Gasteiger partial charge in [0.1, 0.15) is 5.82 Å². The van der Waals surface area contributed by atoms with Crippen LogP contribution in [0.4, 0.5) is 0 Å². The third-order valence-corrected chi connectivity index (χ3v) is 4.46. The molecule has 0 atom stereocenters. The summed E-state index contributed by atoms with van der Waals surface area (Å²) < 4.78 is 0. The predicted molar refractivity (Wildman–Crippen MR) is 73.6 cm³/mol. The molecule has 1 saturated heterocycles. The van der Waals surface area contributed by atoms with Crippen LogP contribution in [0, 0.1) is 5.92 Å². The molecular formula is C14H19N5O2. The number of nitrogens with zero attached hydrogens (tertiary/aromatic N) is 4. The third-order valence-electron chi connectivity index (χ3n) is 4.46. The summed E-state index contributed by atoms with van der Waals surface area (Å²) in [5.74, 6) is 1.95. The van der Waals surface area contributed by atoms with Gasteiger partial charge in [0.05, 0.1) is 0 Å². The second kappa shape index (κ2) is 4.82. The summed E-state index contributed by atoms with van der Waals surface area (Å²) in [6.45, 7) is 2.40. The van der Waals surface area contributed by atoms with Crippen LogP contribution >= 0.6 is 0 Å². The van der Waals surface area contributed by atoms with Crippen molar-refractivity contribution in [3.63, 3.8) is 0 Å². The summed E-state index contributed by atoms with van der Waals surface area (Å²) in [4.78, 5) is 32.3. The van der Waals surface area contributed by atoms with Gasteiger partial charge in [-0.05, 0) is 25.7 Å². The van der Waals surface area contributed by atoms with Crippen LogP contribution in [0.5, 0.6) is 0 Å². The van der Waals surface area contributed by atoms with Crippen LogP contribution in [-0.2, 0) is 4.79 Å². The molecule has 0 radical (unpaired) electrons. The Morgan fingerprint density at radius 1 is 1.00 bits per heavy atom. The van der Waals surface area contributed by atoms with Crippen molar-refractivity contribution in [2.24, 2.45) is 5.92 Å². The summed E-state index contributed by atoms with van der Waals surface area (Å²) in [6, 6.07) is 0. The maximum Gasteiger partial charge on any atom is 0.293 e. The van der Waals surface area contributed by atoms with Gasteiger partial charge in [0.25, 0.3) is 5.91 Å². The summed E-state index contributed by atoms with van der Waals surface area (Å²) in [5.41, 5.74) is 0. The van der Waals surface area contributed by atoms with Crippen LogP contribution in [0.3, 0.4) is 0 Å². The molecule has 21 heavy (non-hydrogen) atoms. The minimum Gasteiger partial charge on any atom is -0.339 e. The highest BCUT2D eigenvalue weighted by Crippen LogP contribution is 2.37. The van der Waals surface area contributed by atoms with Crippen molar-refractivity contribution in [3.8, 4) is 0 Å². The predicted octanol–water partition coefficient (Wildman–Crippen LogP) is 0.376. The van der Waals surface area contributed by atoms with Crippen molar-refractivity contribution in [2.45, 2.75) is 31.6 Å². The number of hydrogen-bond donors (Lipinski definition) is 1. The van der Waals surface area contributed by atoms with E-state index in [1.807, 2.05) is 4.90 Å². The molecule has 2 heterocycles. The molecule has 1 aromatic heterocycles. The van der Waals surface area contributed by atoms with Gasteiger partial charge in [-0.25, -0.2) is 4.98 Å². The van der Waals surface area contributed by atoms with E-state index in [1.165, 1.54) is 0 Å². The zero-order chi connectivity index (χ0) is 14.4. The van der Waals surface area contributed by atoms with E-state index in [0.717, 1.165) is 31.5 Å². The summed E-state index contributed by atoms with van der Waals surface area (Å²) in [6.07, 6.45) is 4.31. The normalized spacial score (nSPS) is 22.5. The highest BCUT2D eigenvalue weighted by molar-refractivity contribution is 5.90. The van der Waals surface area contributed by atoms with Crippen LogP contribution in [0.1, 0.15) is 48.0 Å². The van der Waals surface area contributed by atoms with Crippen molar-refractivity contribution in [1.82, 2.24) is 25.0 Å². The first-order chi connectivity index (χ1) is 10.2. The van der Waals surface area contributed by atoms with Crippen molar-refractivity contribution in [1.29, 1.82) is 0 Å². The molecule has 1 aliphatic heterocycles. The lowest BCUT2D eigenvalue weighted by molar-refractivity contribution is -0.134. The SMILES string of the molecule is O=C(c1n[nH]c(C2CC2)n1)N1CCN(C(=O)C2CC2)CC1. The van der Waals surface area contributed by atoms with E-state index in [-0.39, 0.29) is 23.6 Å². The third kappa shape index (κ3) is 2.52. The smallest absolute Gasteiger partial charge is 0.293 e. The molecule has 7 nitrogen and oxygen atoms in total. The molecular weight excluding hydrogens is 270 g/mol. The number of piperazine rings is 1. The molecule has 0 spiro atoms. The maximum absolute atomic E-state index is 12.4. The molecule has 2 aliphatic carbocycles. The first-order valence-electron chi connectivity index (χ1n) is 7.73. The van der Waals surface area contributed by atoms with Gasteiger partial charge in [0.2, 0.25) is 11.7 Å². The van der Waals surface area contributed by atoms with Gasteiger partial charge in [0, 0.05) is 38.0 Å². The first-order valence-corrected chi connectivity index (χ1v) is 7.73. The monoisotopic (exact) mass is 289 g/mol. The zero-order valence-electron chi connectivity index (χ0n) is 11.9. The number of nitrogens with one attached hydrogen (secondary N) is 1. The average Bonchev–Trinajstić information content (AvgIpc) is 3.44. The lowest BCUT2D eigenvalue weighted by Gasteiger charge is -2.34. The number of H-pyrrole nitrogens is 1. The fourth-order valence-electron chi connectivity index (χ4n) is 2.77. The lowest BCUT2D eigenvalue weighted by atomic mass is 10.2. The summed E-state index contributed by atoms with van der Waals surface area (Å²) in [7, 11) is 0. The second-order valence-corrected chi connectivity index (χ2v) is 6.21. The minimum atomic E-state index is -0.128. The van der Waals surface area contributed by atoms with Crippen molar-refractivity contribution < 1.29 is 9.59 Å². The largest absolute Gasteiger partial charge is 0.339 e. The van der Waals surface area contributed by atoms with E-state index >= 15 is 0 Å². The topological polar surface area (TPSA) is 82.2 Å². The van der Waals surface area contributed by atoms with Crippen molar-refractivity contribution in [2.75, 3.05) is 26.2 Å². The van der Waals surface area contributed by atoms with E-state index in [0.29, 0.717) is 32.1 Å². The molecule has 3 aliphatic rings. The minimum absolute atomic E-state index is 0.128. The van der Waals surface area contributed by atoms with Gasteiger partial charge in [-0.3, -0.25) is 14.7 Å². The van der Waals surface area contributed by atoms with Gasteiger partial charge in [0.15, 0.2) is 0 Å². The van der Waals surface area contributed by atoms with Crippen molar-refractivity contribution >= 4 is 11.8 Å². The van der Waals surface area contributed by atoms with Crippen LogP contribution in [0.25, 0.3) is 0 Å². The van der Waals surface area contributed by atoms with Gasteiger partial charge >= 0.3 is 0 Å². The Labute approximate surface area is 122 Å². The Morgan fingerprint density at radius 2 is 1.67 bits per heavy atom. The molecule has 2 saturated carbocycles. The Morgan fingerprint density at radius 3 is 2.29 bits per heavy atom. The highest BCUT2D eigenvalue weighted by Gasteiger charge is 2.36. The average molecular weight is 289 g/mol. The lowest BCUT2D eigenvalue weighted by Crippen LogP contribution is -2.51. The number of amides is 2. The van der Waals surface area contributed by atoms with Gasteiger partial charge in [-0.15, -0.1) is 5.10 Å². The molecule has 4 rings (SSSR count). The number of rotatable bonds is 3. The Kier molecular flexibility index (Phi) is 2.94. The van der Waals surface area contributed by atoms with Gasteiger partial charge in [-0.2, -0.15) is 0 Å². The van der Waals surface area contributed by atoms with Crippen molar-refractivity contribution in [3.05, 3.63) is 11.6 Å². The van der Waals surface area contributed by atoms with Crippen LogP contribution < -0.4 is 0 Å². The molecule has 7 heteroatoms. The van der Waals surface area contributed by atoms with Crippen LogP contribution in [0.15, 0.2) is 0 Å². The van der Waals surface area contributed by atoms with E-state index in [2.05, 4.69) is 15.2 Å². The van der Waals surface area contributed by atoms with E-state index in [1.54, 1.807) is 4.90 Å². The molecule has 2 amide bonds. The summed E-state index contributed by atoms with van der Waals surface area (Å²) >= 11 is 0.